The van der Waals surface area contributed by atoms with Gasteiger partial charge >= 0.3 is 0 Å². The molecule has 24 heavy (non-hydrogen) atoms. The Morgan fingerprint density at radius 2 is 1.88 bits per heavy atom. The van der Waals surface area contributed by atoms with Crippen LogP contribution in [0, 0.1) is 0 Å². The summed E-state index contributed by atoms with van der Waals surface area (Å²) in [6.45, 7) is 1.15. The second kappa shape index (κ2) is 5.77. The van der Waals surface area contributed by atoms with Crippen molar-refractivity contribution in [2.75, 3.05) is 25.2 Å². The number of amides is 1. The van der Waals surface area contributed by atoms with Gasteiger partial charge < -0.3 is 19.1 Å². The lowest BCUT2D eigenvalue weighted by molar-refractivity contribution is -0.180. The zero-order valence-corrected chi connectivity index (χ0v) is 13.9. The minimum absolute atomic E-state index is 0.237. The molecule has 0 atom stereocenters. The van der Waals surface area contributed by atoms with Gasteiger partial charge in [-0.1, -0.05) is 35.9 Å². The fourth-order valence-corrected chi connectivity index (χ4v) is 3.48. The number of halogens is 1. The molecule has 0 N–H and O–H groups in total. The van der Waals surface area contributed by atoms with Gasteiger partial charge in [0.25, 0.3) is 11.7 Å². The Balaban J connectivity index is 1.74. The normalized spacial score (nSPS) is 18.2. The van der Waals surface area contributed by atoms with Crippen LogP contribution in [0.2, 0.25) is 5.02 Å². The fourth-order valence-electron chi connectivity index (χ4n) is 3.21. The van der Waals surface area contributed by atoms with E-state index in [1.807, 2.05) is 30.3 Å². The third-order valence-corrected chi connectivity index (χ3v) is 4.64. The van der Waals surface area contributed by atoms with E-state index >= 15 is 0 Å². The van der Waals surface area contributed by atoms with E-state index in [1.54, 1.807) is 24.1 Å². The molecule has 1 amide bonds. The monoisotopic (exact) mass is 345 g/mol. The molecule has 0 bridgehead atoms. The summed E-state index contributed by atoms with van der Waals surface area (Å²) in [4.78, 5) is 14.7. The third-order valence-electron chi connectivity index (χ3n) is 4.33. The Labute approximate surface area is 144 Å². The van der Waals surface area contributed by atoms with Gasteiger partial charge in [0.15, 0.2) is 0 Å². The Hall–Kier alpha value is -2.08. The number of hydrogen-bond donors (Lipinski definition) is 0. The standard InChI is InChI=1S/C18H16ClNO4/c1-22-13-7-5-12(6-8-13)11-20-16-14(3-2-4-15(16)19)18(17(20)21)23-9-10-24-18/h2-8H,9-11H2,1H3. The smallest absolute Gasteiger partial charge is 0.292 e. The number of benzene rings is 2. The van der Waals surface area contributed by atoms with E-state index in [2.05, 4.69) is 0 Å². The molecule has 2 aromatic rings. The topological polar surface area (TPSA) is 48.0 Å². The van der Waals surface area contributed by atoms with E-state index in [1.165, 1.54) is 0 Å². The average Bonchev–Trinajstić information content (AvgIpc) is 3.18. The van der Waals surface area contributed by atoms with E-state index in [9.17, 15) is 4.79 Å². The largest absolute Gasteiger partial charge is 0.497 e. The molecule has 0 aromatic heterocycles. The van der Waals surface area contributed by atoms with Crippen LogP contribution in [0.4, 0.5) is 5.69 Å². The van der Waals surface area contributed by atoms with Crippen LogP contribution in [0.15, 0.2) is 42.5 Å². The van der Waals surface area contributed by atoms with Gasteiger partial charge in [0.05, 0.1) is 37.6 Å². The summed E-state index contributed by atoms with van der Waals surface area (Å²) in [5.74, 6) is -0.824. The number of anilines is 1. The lowest BCUT2D eigenvalue weighted by Crippen LogP contribution is -2.40. The van der Waals surface area contributed by atoms with Crippen molar-refractivity contribution < 1.29 is 19.0 Å². The molecule has 4 rings (SSSR count). The Morgan fingerprint density at radius 1 is 1.17 bits per heavy atom. The summed E-state index contributed by atoms with van der Waals surface area (Å²) in [6.07, 6.45) is 0. The van der Waals surface area contributed by atoms with Crippen molar-refractivity contribution in [2.24, 2.45) is 0 Å². The van der Waals surface area contributed by atoms with Gasteiger partial charge in [0.1, 0.15) is 5.75 Å². The molecule has 1 saturated heterocycles. The number of carbonyl (C=O) groups excluding carboxylic acids is 1. The van der Waals surface area contributed by atoms with Gasteiger partial charge in [-0.3, -0.25) is 4.79 Å². The highest BCUT2D eigenvalue weighted by Crippen LogP contribution is 2.49. The minimum atomic E-state index is -1.35. The third kappa shape index (κ3) is 2.20. The zero-order valence-electron chi connectivity index (χ0n) is 13.1. The molecule has 1 spiro atoms. The van der Waals surface area contributed by atoms with Crippen molar-refractivity contribution in [3.8, 4) is 5.75 Å². The highest BCUT2D eigenvalue weighted by atomic mass is 35.5. The van der Waals surface area contributed by atoms with Crippen LogP contribution >= 0.6 is 11.6 Å². The Morgan fingerprint density at radius 3 is 2.54 bits per heavy atom. The first-order valence-corrected chi connectivity index (χ1v) is 8.05. The highest BCUT2D eigenvalue weighted by molar-refractivity contribution is 6.35. The van der Waals surface area contributed by atoms with Gasteiger partial charge in [-0.15, -0.1) is 0 Å². The second-order valence-corrected chi connectivity index (χ2v) is 6.10. The van der Waals surface area contributed by atoms with E-state index in [0.717, 1.165) is 11.3 Å². The Bertz CT molecular complexity index is 784. The van der Waals surface area contributed by atoms with Crippen molar-refractivity contribution in [2.45, 2.75) is 12.3 Å². The number of carbonyl (C=O) groups is 1. The summed E-state index contributed by atoms with van der Waals surface area (Å²) >= 11 is 6.38. The number of hydrogen-bond acceptors (Lipinski definition) is 4. The maximum absolute atomic E-state index is 13.1. The molecule has 6 heteroatoms. The van der Waals surface area contributed by atoms with Crippen LogP contribution in [-0.4, -0.2) is 26.2 Å². The summed E-state index contributed by atoms with van der Waals surface area (Å²) in [7, 11) is 1.62. The molecule has 0 radical (unpaired) electrons. The molecule has 1 fully saturated rings. The molecule has 5 nitrogen and oxygen atoms in total. The van der Waals surface area contributed by atoms with Gasteiger partial charge in [0.2, 0.25) is 0 Å². The van der Waals surface area contributed by atoms with E-state index < -0.39 is 5.79 Å². The second-order valence-electron chi connectivity index (χ2n) is 5.69. The average molecular weight is 346 g/mol. The number of nitrogens with zero attached hydrogens (tertiary/aromatic N) is 1. The lowest BCUT2D eigenvalue weighted by atomic mass is 10.1. The maximum Gasteiger partial charge on any atom is 0.292 e. The molecule has 2 aromatic carbocycles. The molecule has 2 aliphatic heterocycles. The SMILES string of the molecule is COc1ccc(CN2C(=O)C3(OCCO3)c3cccc(Cl)c32)cc1. The highest BCUT2D eigenvalue weighted by Gasteiger charge is 2.56. The summed E-state index contributed by atoms with van der Waals surface area (Å²) in [6, 6.07) is 13.0. The predicted octanol–water partition coefficient (Wildman–Crippen LogP) is 3.10. The minimum Gasteiger partial charge on any atom is -0.497 e. The van der Waals surface area contributed by atoms with Crippen molar-refractivity contribution in [3.63, 3.8) is 0 Å². The van der Waals surface area contributed by atoms with E-state index in [4.69, 9.17) is 25.8 Å². The zero-order chi connectivity index (χ0) is 16.7. The quantitative estimate of drug-likeness (QED) is 0.857. The van der Waals surface area contributed by atoms with Gasteiger partial charge in [-0.25, -0.2) is 0 Å². The van der Waals surface area contributed by atoms with Crippen molar-refractivity contribution in [1.29, 1.82) is 0 Å². The van der Waals surface area contributed by atoms with E-state index in [-0.39, 0.29) is 5.91 Å². The van der Waals surface area contributed by atoms with Crippen LogP contribution in [0.25, 0.3) is 0 Å². The van der Waals surface area contributed by atoms with Crippen LogP contribution in [-0.2, 0) is 26.6 Å². The lowest BCUT2D eigenvalue weighted by Gasteiger charge is -2.22. The summed E-state index contributed by atoms with van der Waals surface area (Å²) < 4.78 is 16.6. The van der Waals surface area contributed by atoms with Crippen molar-refractivity contribution in [3.05, 3.63) is 58.6 Å². The molecular formula is C18H16ClNO4. The summed E-state index contributed by atoms with van der Waals surface area (Å²) in [5.41, 5.74) is 2.29. The molecular weight excluding hydrogens is 330 g/mol. The molecule has 2 heterocycles. The van der Waals surface area contributed by atoms with Gasteiger partial charge in [-0.05, 0) is 23.8 Å². The number of ether oxygens (including phenoxy) is 3. The summed E-state index contributed by atoms with van der Waals surface area (Å²) in [5, 5.41) is 0.505. The Kier molecular flexibility index (Phi) is 3.72. The maximum atomic E-state index is 13.1. The first-order chi connectivity index (χ1) is 11.7. The van der Waals surface area contributed by atoms with Crippen LogP contribution in [0.5, 0.6) is 5.75 Å². The van der Waals surface area contributed by atoms with Crippen LogP contribution < -0.4 is 9.64 Å². The fraction of sp³-hybridized carbons (Fsp3) is 0.278. The van der Waals surface area contributed by atoms with Crippen LogP contribution in [0.1, 0.15) is 11.1 Å². The molecule has 0 unspecified atom stereocenters. The van der Waals surface area contributed by atoms with Gasteiger partial charge in [-0.2, -0.15) is 0 Å². The number of rotatable bonds is 3. The molecule has 2 aliphatic rings. The number of fused-ring (bicyclic) bond motifs is 2. The van der Waals surface area contributed by atoms with Crippen LogP contribution in [0.3, 0.4) is 0 Å². The first-order valence-electron chi connectivity index (χ1n) is 7.67. The molecule has 124 valence electrons. The molecule has 0 saturated carbocycles. The molecule has 0 aliphatic carbocycles. The number of para-hydroxylation sites is 1. The first kappa shape index (κ1) is 15.4. The van der Waals surface area contributed by atoms with Gasteiger partial charge in [0, 0.05) is 5.56 Å². The number of methoxy groups -OCH3 is 1. The predicted molar refractivity (Wildman–Crippen MR) is 89.2 cm³/mol. The van der Waals surface area contributed by atoms with Crippen molar-refractivity contribution in [1.82, 2.24) is 0 Å². The van der Waals surface area contributed by atoms with E-state index in [0.29, 0.717) is 36.0 Å². The van der Waals surface area contributed by atoms with Crippen molar-refractivity contribution >= 4 is 23.2 Å².